The van der Waals surface area contributed by atoms with E-state index < -0.39 is 0 Å². The van der Waals surface area contributed by atoms with Crippen molar-refractivity contribution in [1.29, 1.82) is 0 Å². The van der Waals surface area contributed by atoms with Crippen LogP contribution in [0, 0.1) is 40.9 Å². The van der Waals surface area contributed by atoms with Crippen LogP contribution in [-0.4, -0.2) is 11.2 Å². The Morgan fingerprint density at radius 3 is 2.73 bits per heavy atom. The molecule has 0 aromatic carbocycles. The fraction of sp³-hybridized carbons (Fsp3) is 1.00. The lowest BCUT2D eigenvalue weighted by atomic mass is 9.43. The summed E-state index contributed by atoms with van der Waals surface area (Å²) in [4.78, 5) is 0. The first-order valence-electron chi connectivity index (χ1n) is 6.82. The van der Waals surface area contributed by atoms with Gasteiger partial charge in [-0.2, -0.15) is 0 Å². The van der Waals surface area contributed by atoms with E-state index in [1.54, 1.807) is 0 Å². The molecule has 2 bridgehead atoms. The molecule has 1 nitrogen and oxygen atoms in total. The van der Waals surface area contributed by atoms with Crippen LogP contribution in [0.1, 0.15) is 39.5 Å². The van der Waals surface area contributed by atoms with Gasteiger partial charge in [0.2, 0.25) is 0 Å². The zero-order valence-corrected chi connectivity index (χ0v) is 9.82. The van der Waals surface area contributed by atoms with E-state index in [9.17, 15) is 5.11 Å². The molecule has 1 N–H and O–H groups in total. The van der Waals surface area contributed by atoms with Crippen molar-refractivity contribution in [2.75, 3.05) is 0 Å². The van der Waals surface area contributed by atoms with Gasteiger partial charge in [0.1, 0.15) is 0 Å². The Bertz CT molecular complexity index is 312. The van der Waals surface area contributed by atoms with Crippen LogP contribution < -0.4 is 0 Å². The van der Waals surface area contributed by atoms with Crippen molar-refractivity contribution < 1.29 is 5.11 Å². The molecule has 4 aliphatic rings. The van der Waals surface area contributed by atoms with Gasteiger partial charge in [-0.05, 0) is 60.2 Å². The molecule has 4 fully saturated rings. The average molecular weight is 206 g/mol. The molecule has 0 unspecified atom stereocenters. The SMILES string of the molecule is C[C@@H]1CC[C@H]2[C@@H]1[C@@H]1[C@H]3C[C@@H](O)[C@H](C3)[C@@]12C. The summed E-state index contributed by atoms with van der Waals surface area (Å²) in [6.07, 6.45) is 5.43. The van der Waals surface area contributed by atoms with Gasteiger partial charge in [0, 0.05) is 0 Å². The summed E-state index contributed by atoms with van der Waals surface area (Å²) in [7, 11) is 0. The number of hydrogen-bond donors (Lipinski definition) is 1. The molecule has 15 heavy (non-hydrogen) atoms. The van der Waals surface area contributed by atoms with E-state index in [0.717, 1.165) is 36.0 Å². The van der Waals surface area contributed by atoms with Crippen LogP contribution in [0.4, 0.5) is 0 Å². The van der Waals surface area contributed by atoms with Crippen LogP contribution in [-0.2, 0) is 0 Å². The smallest absolute Gasteiger partial charge is 0.0576 e. The molecule has 4 aliphatic carbocycles. The highest BCUT2D eigenvalue weighted by Gasteiger charge is 2.73. The zero-order chi connectivity index (χ0) is 10.4. The highest BCUT2D eigenvalue weighted by atomic mass is 16.3. The summed E-state index contributed by atoms with van der Waals surface area (Å²) in [6, 6.07) is 0. The lowest BCUT2D eigenvalue weighted by Gasteiger charge is -2.62. The normalized spacial score (nSPS) is 70.2. The van der Waals surface area contributed by atoms with Gasteiger partial charge in [-0.25, -0.2) is 0 Å². The number of aliphatic hydroxyl groups is 1. The fourth-order valence-electron chi connectivity index (χ4n) is 6.46. The Kier molecular flexibility index (Phi) is 1.47. The van der Waals surface area contributed by atoms with Gasteiger partial charge in [-0.3, -0.25) is 0 Å². The van der Waals surface area contributed by atoms with Crippen molar-refractivity contribution in [1.82, 2.24) is 0 Å². The lowest BCUT2D eigenvalue weighted by molar-refractivity contribution is -0.169. The predicted octanol–water partition coefficient (Wildman–Crippen LogP) is 2.69. The molecular weight excluding hydrogens is 184 g/mol. The Morgan fingerprint density at radius 2 is 1.93 bits per heavy atom. The van der Waals surface area contributed by atoms with Gasteiger partial charge in [0.15, 0.2) is 0 Å². The average Bonchev–Trinajstić information content (AvgIpc) is 2.74. The van der Waals surface area contributed by atoms with Gasteiger partial charge in [-0.1, -0.05) is 20.3 Å². The third kappa shape index (κ3) is 0.769. The van der Waals surface area contributed by atoms with E-state index >= 15 is 0 Å². The molecular formula is C14H22O. The standard InChI is InChI=1S/C14H22O/c1-7-3-4-9-12(7)13-8-5-10(11(15)6-8)14(9,13)2/h7-13,15H,3-6H2,1-2H3/t7-,8-,9+,10+,11-,12-,13+,14+/m1/s1. The molecule has 84 valence electrons. The summed E-state index contributed by atoms with van der Waals surface area (Å²) in [5, 5.41) is 10.1. The van der Waals surface area contributed by atoms with Gasteiger partial charge in [0.05, 0.1) is 6.10 Å². The summed E-state index contributed by atoms with van der Waals surface area (Å²) in [5.41, 5.74) is 0.553. The highest BCUT2D eigenvalue weighted by molar-refractivity contribution is 5.21. The van der Waals surface area contributed by atoms with E-state index in [4.69, 9.17) is 0 Å². The molecule has 0 spiro atoms. The topological polar surface area (TPSA) is 20.2 Å². The number of rotatable bonds is 0. The first kappa shape index (κ1) is 9.04. The molecule has 0 amide bonds. The van der Waals surface area contributed by atoms with Crippen LogP contribution in [0.3, 0.4) is 0 Å². The minimum absolute atomic E-state index is 0.0492. The summed E-state index contributed by atoms with van der Waals surface area (Å²) < 4.78 is 0. The third-order valence-electron chi connectivity index (χ3n) is 6.86. The predicted molar refractivity (Wildman–Crippen MR) is 59.2 cm³/mol. The second kappa shape index (κ2) is 2.45. The first-order valence-corrected chi connectivity index (χ1v) is 6.82. The maximum atomic E-state index is 10.1. The van der Waals surface area contributed by atoms with Gasteiger partial charge >= 0.3 is 0 Å². The number of aliphatic hydroxyl groups excluding tert-OH is 1. The summed E-state index contributed by atoms with van der Waals surface area (Å²) in [6.45, 7) is 4.97. The van der Waals surface area contributed by atoms with Crippen LogP contribution >= 0.6 is 0 Å². The second-order valence-electron chi connectivity index (χ2n) is 7.04. The van der Waals surface area contributed by atoms with Gasteiger partial charge < -0.3 is 5.11 Å². The van der Waals surface area contributed by atoms with Crippen LogP contribution in [0.25, 0.3) is 0 Å². The van der Waals surface area contributed by atoms with Crippen LogP contribution in [0.2, 0.25) is 0 Å². The molecule has 8 atom stereocenters. The molecule has 0 aliphatic heterocycles. The van der Waals surface area contributed by atoms with Crippen molar-refractivity contribution in [3.05, 3.63) is 0 Å². The Labute approximate surface area is 92.3 Å². The fourth-order valence-corrected chi connectivity index (χ4v) is 6.46. The Hall–Kier alpha value is -0.0400. The first-order chi connectivity index (χ1) is 7.14. The van der Waals surface area contributed by atoms with Crippen LogP contribution in [0.5, 0.6) is 0 Å². The second-order valence-corrected chi connectivity index (χ2v) is 7.04. The van der Waals surface area contributed by atoms with Crippen molar-refractivity contribution in [2.45, 2.75) is 45.6 Å². The minimum atomic E-state index is 0.0492. The lowest BCUT2D eigenvalue weighted by Crippen LogP contribution is -2.59. The van der Waals surface area contributed by atoms with E-state index in [2.05, 4.69) is 13.8 Å². The molecule has 1 heteroatoms. The van der Waals surface area contributed by atoms with E-state index in [1.807, 2.05) is 0 Å². The molecule has 4 saturated carbocycles. The van der Waals surface area contributed by atoms with Crippen molar-refractivity contribution in [3.8, 4) is 0 Å². The molecule has 0 heterocycles. The van der Waals surface area contributed by atoms with E-state index in [-0.39, 0.29) is 6.10 Å². The Balaban J connectivity index is 1.74. The van der Waals surface area contributed by atoms with E-state index in [0.29, 0.717) is 11.3 Å². The summed E-state index contributed by atoms with van der Waals surface area (Å²) in [5.74, 6) is 5.54. The number of hydrogen-bond acceptors (Lipinski definition) is 1. The largest absolute Gasteiger partial charge is 0.393 e. The van der Waals surface area contributed by atoms with Crippen molar-refractivity contribution in [3.63, 3.8) is 0 Å². The van der Waals surface area contributed by atoms with Gasteiger partial charge in [0.25, 0.3) is 0 Å². The van der Waals surface area contributed by atoms with Crippen molar-refractivity contribution >= 4 is 0 Å². The minimum Gasteiger partial charge on any atom is -0.393 e. The molecule has 0 aromatic rings. The quantitative estimate of drug-likeness (QED) is 0.646. The monoisotopic (exact) mass is 206 g/mol. The maximum Gasteiger partial charge on any atom is 0.0576 e. The summed E-state index contributed by atoms with van der Waals surface area (Å²) >= 11 is 0. The molecule has 0 saturated heterocycles. The van der Waals surface area contributed by atoms with Gasteiger partial charge in [-0.15, -0.1) is 0 Å². The third-order valence-corrected chi connectivity index (χ3v) is 6.86. The molecule has 0 radical (unpaired) electrons. The van der Waals surface area contributed by atoms with Crippen LogP contribution in [0.15, 0.2) is 0 Å². The molecule has 4 rings (SSSR count). The zero-order valence-electron chi connectivity index (χ0n) is 9.82. The van der Waals surface area contributed by atoms with E-state index in [1.165, 1.54) is 19.3 Å². The Morgan fingerprint density at radius 1 is 1.13 bits per heavy atom. The number of fused-ring (bicyclic) bond motifs is 8. The van der Waals surface area contributed by atoms with Crippen molar-refractivity contribution in [2.24, 2.45) is 40.9 Å². The maximum absolute atomic E-state index is 10.1. The molecule has 0 aromatic heterocycles. The highest BCUT2D eigenvalue weighted by Crippen LogP contribution is 2.77.